The number of carbonyl (C=O) groups is 2. The molecule has 3 rings (SSSR count). The van der Waals surface area contributed by atoms with Gasteiger partial charge in [-0.3, -0.25) is 4.79 Å². The molecule has 6 nitrogen and oxygen atoms in total. The molecular weight excluding hydrogens is 382 g/mol. The Morgan fingerprint density at radius 1 is 1.03 bits per heavy atom. The second-order valence-corrected chi connectivity index (χ2v) is 7.62. The third-order valence-corrected chi connectivity index (χ3v) is 4.75. The molecule has 0 saturated heterocycles. The molecule has 2 aromatic carbocycles. The van der Waals surface area contributed by atoms with E-state index in [1.165, 1.54) is 0 Å². The highest BCUT2D eigenvalue weighted by Crippen LogP contribution is 2.27. The van der Waals surface area contributed by atoms with Gasteiger partial charge in [-0.25, -0.2) is 4.79 Å². The zero-order valence-corrected chi connectivity index (χ0v) is 17.7. The van der Waals surface area contributed by atoms with E-state index in [9.17, 15) is 9.59 Å². The van der Waals surface area contributed by atoms with E-state index in [0.29, 0.717) is 11.5 Å². The van der Waals surface area contributed by atoms with Crippen LogP contribution in [-0.4, -0.2) is 25.1 Å². The van der Waals surface area contributed by atoms with Crippen LogP contribution >= 0.6 is 0 Å². The van der Waals surface area contributed by atoms with Gasteiger partial charge in [-0.05, 0) is 49.1 Å². The van der Waals surface area contributed by atoms with Crippen LogP contribution in [0.15, 0.2) is 52.9 Å². The number of benzene rings is 2. The van der Waals surface area contributed by atoms with E-state index in [4.69, 9.17) is 13.9 Å². The van der Waals surface area contributed by atoms with E-state index in [1.807, 2.05) is 62.4 Å². The molecule has 0 unspecified atom stereocenters. The fourth-order valence-corrected chi connectivity index (χ4v) is 3.14. The highest BCUT2D eigenvalue weighted by atomic mass is 16.6. The van der Waals surface area contributed by atoms with Crippen molar-refractivity contribution in [1.82, 2.24) is 5.32 Å². The number of hydrogen-bond donors (Lipinski definition) is 1. The Kier molecular flexibility index (Phi) is 6.77. The summed E-state index contributed by atoms with van der Waals surface area (Å²) in [5.74, 6) is 0.555. The van der Waals surface area contributed by atoms with Crippen LogP contribution < -0.4 is 10.1 Å². The van der Waals surface area contributed by atoms with Crippen molar-refractivity contribution in [3.63, 3.8) is 0 Å². The zero-order chi connectivity index (χ0) is 21.7. The number of fused-ring (bicyclic) bond motifs is 1. The summed E-state index contributed by atoms with van der Waals surface area (Å²) < 4.78 is 16.4. The van der Waals surface area contributed by atoms with Gasteiger partial charge in [0.05, 0.1) is 6.04 Å². The molecule has 1 heterocycles. The monoisotopic (exact) mass is 409 g/mol. The van der Waals surface area contributed by atoms with Crippen molar-refractivity contribution in [2.24, 2.45) is 0 Å². The number of amides is 1. The van der Waals surface area contributed by atoms with Crippen LogP contribution in [0.1, 0.15) is 49.6 Å². The van der Waals surface area contributed by atoms with E-state index in [-0.39, 0.29) is 25.2 Å². The zero-order valence-electron chi connectivity index (χ0n) is 17.7. The summed E-state index contributed by atoms with van der Waals surface area (Å²) in [6.07, 6.45) is 0. The lowest BCUT2D eigenvalue weighted by Crippen LogP contribution is -2.31. The van der Waals surface area contributed by atoms with E-state index >= 15 is 0 Å². The Morgan fingerprint density at radius 2 is 1.80 bits per heavy atom. The van der Waals surface area contributed by atoms with E-state index in [1.54, 1.807) is 0 Å². The maximum atomic E-state index is 12.1. The summed E-state index contributed by atoms with van der Waals surface area (Å²) in [5, 5.41) is 3.73. The number of carbonyl (C=O) groups excluding carboxylic acids is 2. The molecule has 0 aliphatic rings. The highest BCUT2D eigenvalue weighted by molar-refractivity contribution is 5.82. The van der Waals surface area contributed by atoms with Gasteiger partial charge in [-0.2, -0.15) is 0 Å². The number of aryl methyl sites for hydroxylation is 1. The lowest BCUT2D eigenvalue weighted by Gasteiger charge is -2.15. The summed E-state index contributed by atoms with van der Waals surface area (Å²) in [6.45, 7) is 7.26. The molecule has 158 valence electrons. The van der Waals surface area contributed by atoms with Gasteiger partial charge >= 0.3 is 5.97 Å². The van der Waals surface area contributed by atoms with Crippen LogP contribution in [0.3, 0.4) is 0 Å². The molecule has 3 aromatic rings. The van der Waals surface area contributed by atoms with Crippen molar-refractivity contribution in [1.29, 1.82) is 0 Å². The average Bonchev–Trinajstić information content (AvgIpc) is 3.15. The maximum absolute atomic E-state index is 12.1. The van der Waals surface area contributed by atoms with Crippen molar-refractivity contribution < 1.29 is 23.5 Å². The minimum absolute atomic E-state index is 0.254. The van der Waals surface area contributed by atoms with Gasteiger partial charge in [0.25, 0.3) is 5.91 Å². The van der Waals surface area contributed by atoms with Crippen molar-refractivity contribution in [3.8, 4) is 5.75 Å². The third kappa shape index (κ3) is 5.41. The SMILES string of the molecule is Cc1ccc(C(C)C)c(OCC(=O)OCC(=O)N[C@@H](C)c2cc3ccccc3o2)c1. The highest BCUT2D eigenvalue weighted by Gasteiger charge is 2.16. The second-order valence-electron chi connectivity index (χ2n) is 7.62. The first-order chi connectivity index (χ1) is 14.3. The molecule has 0 radical (unpaired) electrons. The van der Waals surface area contributed by atoms with Crippen LogP contribution in [-0.2, 0) is 14.3 Å². The first kappa shape index (κ1) is 21.4. The molecule has 1 amide bonds. The summed E-state index contributed by atoms with van der Waals surface area (Å²) in [7, 11) is 0. The summed E-state index contributed by atoms with van der Waals surface area (Å²) in [6, 6.07) is 15.1. The molecule has 0 saturated carbocycles. The molecule has 30 heavy (non-hydrogen) atoms. The predicted octanol–water partition coefficient (Wildman–Crippen LogP) is 4.66. The molecule has 0 aliphatic heterocycles. The van der Waals surface area contributed by atoms with Gasteiger partial charge in [0.2, 0.25) is 0 Å². The fourth-order valence-electron chi connectivity index (χ4n) is 3.14. The quantitative estimate of drug-likeness (QED) is 0.547. The van der Waals surface area contributed by atoms with E-state index < -0.39 is 11.9 Å². The first-order valence-corrected chi connectivity index (χ1v) is 10.0. The normalized spacial score (nSPS) is 12.0. The number of nitrogens with one attached hydrogen (secondary N) is 1. The molecule has 0 spiro atoms. The fraction of sp³-hybridized carbons (Fsp3) is 0.333. The van der Waals surface area contributed by atoms with Crippen molar-refractivity contribution in [3.05, 3.63) is 65.4 Å². The van der Waals surface area contributed by atoms with Crippen molar-refractivity contribution in [2.45, 2.75) is 39.7 Å². The van der Waals surface area contributed by atoms with Crippen molar-refractivity contribution >= 4 is 22.8 Å². The number of para-hydroxylation sites is 1. The lowest BCUT2D eigenvalue weighted by molar-refractivity contribution is -0.150. The standard InChI is InChI=1S/C24H27NO5/c1-15(2)19-10-9-16(3)11-22(19)28-14-24(27)29-13-23(26)25-17(4)21-12-18-7-5-6-8-20(18)30-21/h5-12,15,17H,13-14H2,1-4H3,(H,25,26)/t17-/m0/s1. The largest absolute Gasteiger partial charge is 0.482 e. The molecule has 6 heteroatoms. The van der Waals surface area contributed by atoms with Gasteiger partial charge in [0.15, 0.2) is 13.2 Å². The predicted molar refractivity (Wildman–Crippen MR) is 114 cm³/mol. The summed E-state index contributed by atoms with van der Waals surface area (Å²) in [5.41, 5.74) is 2.82. The minimum Gasteiger partial charge on any atom is -0.482 e. The first-order valence-electron chi connectivity index (χ1n) is 10.0. The van der Waals surface area contributed by atoms with Gasteiger partial charge in [0, 0.05) is 5.39 Å². The van der Waals surface area contributed by atoms with Crippen LogP contribution in [0.5, 0.6) is 5.75 Å². The smallest absolute Gasteiger partial charge is 0.344 e. The minimum atomic E-state index is -0.599. The van der Waals surface area contributed by atoms with Crippen LogP contribution in [0.25, 0.3) is 11.0 Å². The lowest BCUT2D eigenvalue weighted by atomic mass is 10.0. The average molecular weight is 409 g/mol. The van der Waals surface area contributed by atoms with E-state index in [2.05, 4.69) is 19.2 Å². The number of rotatable bonds is 8. The van der Waals surface area contributed by atoms with Gasteiger partial charge < -0.3 is 19.2 Å². The Hall–Kier alpha value is -3.28. The number of furan rings is 1. The molecule has 0 aliphatic carbocycles. The molecule has 1 atom stereocenters. The molecule has 0 bridgehead atoms. The molecule has 1 N–H and O–H groups in total. The molecule has 0 fully saturated rings. The van der Waals surface area contributed by atoms with Gasteiger partial charge in [-0.1, -0.05) is 44.2 Å². The number of ether oxygens (including phenoxy) is 2. The van der Waals surface area contributed by atoms with Gasteiger partial charge in [-0.15, -0.1) is 0 Å². The van der Waals surface area contributed by atoms with Crippen LogP contribution in [0, 0.1) is 6.92 Å². The molecular formula is C24H27NO5. The Labute approximate surface area is 176 Å². The van der Waals surface area contributed by atoms with Crippen LogP contribution in [0.4, 0.5) is 0 Å². The number of hydrogen-bond acceptors (Lipinski definition) is 5. The Bertz CT molecular complexity index is 1000. The maximum Gasteiger partial charge on any atom is 0.344 e. The number of esters is 1. The second kappa shape index (κ2) is 9.48. The van der Waals surface area contributed by atoms with Crippen molar-refractivity contribution in [2.75, 3.05) is 13.2 Å². The van der Waals surface area contributed by atoms with Gasteiger partial charge in [0.1, 0.15) is 17.1 Å². The Morgan fingerprint density at radius 3 is 2.53 bits per heavy atom. The topological polar surface area (TPSA) is 77.8 Å². The third-order valence-electron chi connectivity index (χ3n) is 4.75. The summed E-state index contributed by atoms with van der Waals surface area (Å²) >= 11 is 0. The summed E-state index contributed by atoms with van der Waals surface area (Å²) in [4.78, 5) is 24.2. The molecule has 1 aromatic heterocycles. The van der Waals surface area contributed by atoms with E-state index in [0.717, 1.165) is 22.1 Å². The Balaban J connectivity index is 1.47. The van der Waals surface area contributed by atoms with Crippen LogP contribution in [0.2, 0.25) is 0 Å².